The molecule has 0 unspecified atom stereocenters. The van der Waals surface area contributed by atoms with Crippen LogP contribution in [0.15, 0.2) is 23.6 Å². The maximum Gasteiger partial charge on any atom is 0.275 e. The number of aromatic nitrogens is 1. The van der Waals surface area contributed by atoms with E-state index >= 15 is 0 Å². The number of nitro groups is 1. The average molecular weight is 274 g/mol. The standard InChI is InChI=1S/C8H8ClN5O2S/c9-7-11-4-6(17-7)5-13-3-1-2-10-8(13)12-14(15)16/h1,3-4H,2,5H2,(H,10,12). The van der Waals surface area contributed by atoms with Crippen molar-refractivity contribution in [1.82, 2.24) is 15.2 Å². The van der Waals surface area contributed by atoms with Crippen molar-refractivity contribution in [2.24, 2.45) is 5.10 Å². The molecule has 2 rings (SSSR count). The molecule has 0 aromatic carbocycles. The molecule has 1 aliphatic heterocycles. The maximum atomic E-state index is 10.4. The second kappa shape index (κ2) is 5.11. The van der Waals surface area contributed by atoms with Gasteiger partial charge in [0.15, 0.2) is 9.50 Å². The lowest BCUT2D eigenvalue weighted by molar-refractivity contribution is -0.485. The van der Waals surface area contributed by atoms with Crippen LogP contribution in [0, 0.1) is 10.1 Å². The molecule has 0 amide bonds. The lowest BCUT2D eigenvalue weighted by atomic mass is 10.4. The summed E-state index contributed by atoms with van der Waals surface area (Å²) in [5.74, 6) is 0.210. The number of nitrogens with zero attached hydrogens (tertiary/aromatic N) is 4. The van der Waals surface area contributed by atoms with Gasteiger partial charge in [0.2, 0.25) is 0 Å². The Morgan fingerprint density at radius 1 is 1.76 bits per heavy atom. The largest absolute Gasteiger partial charge is 0.347 e. The third-order valence-corrected chi connectivity index (χ3v) is 3.06. The molecule has 0 spiro atoms. The zero-order valence-electron chi connectivity index (χ0n) is 8.54. The third-order valence-electron chi connectivity index (χ3n) is 1.96. The van der Waals surface area contributed by atoms with Crippen molar-refractivity contribution in [3.05, 3.63) is 37.9 Å². The Morgan fingerprint density at radius 2 is 2.59 bits per heavy atom. The smallest absolute Gasteiger partial charge is 0.275 e. The molecule has 0 radical (unpaired) electrons. The first kappa shape index (κ1) is 11.8. The molecule has 1 aromatic rings. The van der Waals surface area contributed by atoms with Gasteiger partial charge >= 0.3 is 0 Å². The van der Waals surface area contributed by atoms with Gasteiger partial charge in [-0.05, 0) is 6.08 Å². The highest BCUT2D eigenvalue weighted by molar-refractivity contribution is 7.15. The van der Waals surface area contributed by atoms with E-state index in [2.05, 4.69) is 15.4 Å². The summed E-state index contributed by atoms with van der Waals surface area (Å²) >= 11 is 7.04. The van der Waals surface area contributed by atoms with E-state index in [9.17, 15) is 10.1 Å². The summed E-state index contributed by atoms with van der Waals surface area (Å²) < 4.78 is 0.446. The third kappa shape index (κ3) is 3.14. The van der Waals surface area contributed by atoms with Gasteiger partial charge in [0.1, 0.15) is 5.10 Å². The molecule has 1 aliphatic rings. The first-order valence-electron chi connectivity index (χ1n) is 4.65. The van der Waals surface area contributed by atoms with E-state index in [1.165, 1.54) is 11.3 Å². The minimum absolute atomic E-state index is 0.210. The molecule has 0 aliphatic carbocycles. The molecule has 1 aromatic heterocycles. The van der Waals surface area contributed by atoms with Crippen molar-refractivity contribution in [3.63, 3.8) is 0 Å². The molecular formula is C8H8ClN5O2S. The summed E-state index contributed by atoms with van der Waals surface area (Å²) in [7, 11) is 0. The predicted octanol–water partition coefficient (Wildman–Crippen LogP) is 1.26. The van der Waals surface area contributed by atoms with Crippen LogP contribution in [-0.4, -0.2) is 27.4 Å². The molecular weight excluding hydrogens is 266 g/mol. The Bertz CT molecular complexity index is 486. The summed E-state index contributed by atoms with van der Waals surface area (Å²) in [4.78, 5) is 16.8. The monoisotopic (exact) mass is 273 g/mol. The number of nitrogens with one attached hydrogen (secondary N) is 1. The fourth-order valence-electron chi connectivity index (χ4n) is 1.32. The van der Waals surface area contributed by atoms with Gasteiger partial charge in [0.25, 0.3) is 5.96 Å². The number of hydrogen-bond donors (Lipinski definition) is 1. The first-order chi connectivity index (χ1) is 8.15. The molecule has 2 heterocycles. The molecule has 0 saturated heterocycles. The highest BCUT2D eigenvalue weighted by Crippen LogP contribution is 2.19. The van der Waals surface area contributed by atoms with Crippen molar-refractivity contribution < 1.29 is 5.03 Å². The fraction of sp³-hybridized carbons (Fsp3) is 0.250. The Balaban J connectivity index is 2.14. The van der Waals surface area contributed by atoms with Gasteiger partial charge in [-0.15, -0.1) is 11.3 Å². The van der Waals surface area contributed by atoms with Crippen LogP contribution in [0.2, 0.25) is 4.47 Å². The van der Waals surface area contributed by atoms with Crippen LogP contribution in [0.1, 0.15) is 4.88 Å². The van der Waals surface area contributed by atoms with Crippen LogP contribution in [-0.2, 0) is 6.54 Å². The molecule has 0 bridgehead atoms. The molecule has 7 nitrogen and oxygen atoms in total. The van der Waals surface area contributed by atoms with E-state index in [-0.39, 0.29) is 5.96 Å². The lowest BCUT2D eigenvalue weighted by Gasteiger charge is -2.22. The highest BCUT2D eigenvalue weighted by atomic mass is 35.5. The Morgan fingerprint density at radius 3 is 3.24 bits per heavy atom. The SMILES string of the molecule is O=[N+]([O-])N=C1NCC=CN1Cc1cnc(Cl)s1. The van der Waals surface area contributed by atoms with Gasteiger partial charge < -0.3 is 10.2 Å². The fourth-order valence-corrected chi connectivity index (χ4v) is 2.30. The van der Waals surface area contributed by atoms with Gasteiger partial charge in [0.05, 0.1) is 6.54 Å². The maximum absolute atomic E-state index is 10.4. The van der Waals surface area contributed by atoms with Gasteiger partial charge in [-0.3, -0.25) is 0 Å². The van der Waals surface area contributed by atoms with Gasteiger partial charge in [-0.1, -0.05) is 11.6 Å². The zero-order valence-corrected chi connectivity index (χ0v) is 10.1. The summed E-state index contributed by atoms with van der Waals surface area (Å²) in [6.45, 7) is 0.965. The Labute approximate surface area is 106 Å². The van der Waals surface area contributed by atoms with Crippen LogP contribution in [0.3, 0.4) is 0 Å². The predicted molar refractivity (Wildman–Crippen MR) is 64.2 cm³/mol. The van der Waals surface area contributed by atoms with Crippen LogP contribution >= 0.6 is 22.9 Å². The molecule has 0 saturated carbocycles. The topological polar surface area (TPSA) is 83.7 Å². The van der Waals surface area contributed by atoms with E-state index in [1.54, 1.807) is 17.3 Å². The number of rotatable bonds is 3. The van der Waals surface area contributed by atoms with Crippen molar-refractivity contribution in [2.75, 3.05) is 6.54 Å². The first-order valence-corrected chi connectivity index (χ1v) is 5.85. The molecule has 0 fully saturated rings. The van der Waals surface area contributed by atoms with Gasteiger partial charge in [0, 0.05) is 23.8 Å². The van der Waals surface area contributed by atoms with Crippen molar-refractivity contribution in [1.29, 1.82) is 0 Å². The quantitative estimate of drug-likeness (QED) is 0.662. The van der Waals surface area contributed by atoms with E-state index < -0.39 is 5.03 Å². The van der Waals surface area contributed by atoms with E-state index in [0.717, 1.165) is 4.88 Å². The van der Waals surface area contributed by atoms with E-state index in [4.69, 9.17) is 11.6 Å². The van der Waals surface area contributed by atoms with E-state index in [0.29, 0.717) is 17.6 Å². The second-order valence-corrected chi connectivity index (χ2v) is 4.83. The summed E-state index contributed by atoms with van der Waals surface area (Å²) in [6.07, 6.45) is 5.23. The highest BCUT2D eigenvalue weighted by Gasteiger charge is 2.17. The van der Waals surface area contributed by atoms with Crippen LogP contribution in [0.25, 0.3) is 0 Å². The lowest BCUT2D eigenvalue weighted by Crippen LogP contribution is -2.41. The average Bonchev–Trinajstić information content (AvgIpc) is 2.66. The Kier molecular flexibility index (Phi) is 3.55. The number of hydrazone groups is 1. The number of thiazole rings is 1. The molecule has 1 N–H and O–H groups in total. The van der Waals surface area contributed by atoms with Crippen LogP contribution in [0.4, 0.5) is 0 Å². The molecule has 17 heavy (non-hydrogen) atoms. The second-order valence-electron chi connectivity index (χ2n) is 3.13. The number of guanidine groups is 1. The molecule has 9 heteroatoms. The summed E-state index contributed by atoms with van der Waals surface area (Å²) in [5, 5.41) is 15.7. The minimum Gasteiger partial charge on any atom is -0.347 e. The number of halogens is 1. The normalized spacial score (nSPS) is 17.2. The zero-order chi connectivity index (χ0) is 12.3. The van der Waals surface area contributed by atoms with Crippen LogP contribution < -0.4 is 5.32 Å². The molecule has 90 valence electrons. The van der Waals surface area contributed by atoms with Crippen molar-refractivity contribution >= 4 is 28.9 Å². The Hall–Kier alpha value is -1.67. The van der Waals surface area contributed by atoms with E-state index in [1.807, 2.05) is 6.08 Å². The van der Waals surface area contributed by atoms with Crippen molar-refractivity contribution in [2.45, 2.75) is 6.54 Å². The van der Waals surface area contributed by atoms with Crippen molar-refractivity contribution in [3.8, 4) is 0 Å². The summed E-state index contributed by atoms with van der Waals surface area (Å²) in [5.41, 5.74) is 0. The molecule has 0 atom stereocenters. The van der Waals surface area contributed by atoms with Gasteiger partial charge in [-0.2, -0.15) is 0 Å². The van der Waals surface area contributed by atoms with Gasteiger partial charge in [-0.25, -0.2) is 15.1 Å². The minimum atomic E-state index is -0.728. The number of hydrogen-bond acceptors (Lipinski definition) is 4. The summed E-state index contributed by atoms with van der Waals surface area (Å²) in [6, 6.07) is 0. The van der Waals surface area contributed by atoms with Crippen LogP contribution in [0.5, 0.6) is 0 Å².